The monoisotopic (exact) mass is 726 g/mol. The number of rotatable bonds is 7. The number of hydrogen-bond acceptors (Lipinski definition) is 6. The van der Waals surface area contributed by atoms with Crippen LogP contribution in [0.4, 0.5) is 11.4 Å². The third-order valence-electron chi connectivity index (χ3n) is 11.2. The van der Waals surface area contributed by atoms with Gasteiger partial charge in [-0.05, 0) is 66.6 Å². The minimum absolute atomic E-state index is 0.0545. The van der Waals surface area contributed by atoms with Crippen molar-refractivity contribution in [2.45, 2.75) is 56.3 Å². The highest BCUT2D eigenvalue weighted by Gasteiger charge is 2.49. The number of aryl methyl sites for hydroxylation is 2. The molecule has 0 radical (unpaired) electrons. The summed E-state index contributed by atoms with van der Waals surface area (Å²) in [6.45, 7) is 3.98. The Hall–Kier alpha value is -5.85. The lowest BCUT2D eigenvalue weighted by Crippen LogP contribution is -2.29. The minimum Gasteiger partial charge on any atom is -0.358 e. The molecule has 9 rings (SSSR count). The quantitative estimate of drug-likeness (QED) is 0.164. The topological polar surface area (TPSA) is 76.8 Å². The van der Waals surface area contributed by atoms with Crippen molar-refractivity contribution >= 4 is 34.4 Å². The first-order valence-corrected chi connectivity index (χ1v) is 18.9. The predicted octanol–water partition coefficient (Wildman–Crippen LogP) is 12.2. The minimum atomic E-state index is -0.234. The molecule has 5 aromatic carbocycles. The Labute approximate surface area is 320 Å². The fourth-order valence-electron chi connectivity index (χ4n) is 8.70. The molecular formula is C47H39ClN4O2. The summed E-state index contributed by atoms with van der Waals surface area (Å²) in [6.07, 6.45) is 1.37. The van der Waals surface area contributed by atoms with Gasteiger partial charge in [-0.1, -0.05) is 155 Å². The van der Waals surface area contributed by atoms with Crippen LogP contribution in [0.25, 0.3) is 0 Å². The molecule has 7 heteroatoms. The molecule has 0 amide bonds. The third-order valence-corrected chi connectivity index (χ3v) is 11.5. The molecule has 0 bridgehead atoms. The molecule has 0 spiro atoms. The highest BCUT2D eigenvalue weighted by Crippen LogP contribution is 2.60. The van der Waals surface area contributed by atoms with Gasteiger partial charge in [-0.15, -0.1) is 0 Å². The summed E-state index contributed by atoms with van der Waals surface area (Å²) in [5, 5.41) is 9.91. The summed E-state index contributed by atoms with van der Waals surface area (Å²) in [7, 11) is 0. The molecule has 54 heavy (non-hydrogen) atoms. The molecular weight excluding hydrogens is 688 g/mol. The zero-order valence-electron chi connectivity index (χ0n) is 30.1. The van der Waals surface area contributed by atoms with E-state index in [0.717, 1.165) is 62.4 Å². The van der Waals surface area contributed by atoms with Gasteiger partial charge in [0.15, 0.2) is 11.5 Å². The van der Waals surface area contributed by atoms with Crippen LogP contribution in [0, 0.1) is 13.8 Å². The molecule has 4 atom stereocenters. The molecule has 2 aliphatic rings. The van der Waals surface area contributed by atoms with Crippen molar-refractivity contribution in [2.24, 2.45) is 9.98 Å². The Morgan fingerprint density at radius 3 is 1.31 bits per heavy atom. The van der Waals surface area contributed by atoms with E-state index in [0.29, 0.717) is 17.9 Å². The van der Waals surface area contributed by atoms with Crippen LogP contribution in [0.2, 0.25) is 5.02 Å². The van der Waals surface area contributed by atoms with Crippen LogP contribution in [0.1, 0.15) is 93.2 Å². The summed E-state index contributed by atoms with van der Waals surface area (Å²) in [5.41, 5.74) is 10.8. The average Bonchev–Trinajstić information content (AvgIpc) is 3.64. The van der Waals surface area contributed by atoms with Crippen LogP contribution in [0.15, 0.2) is 165 Å². The first-order chi connectivity index (χ1) is 26.5. The van der Waals surface area contributed by atoms with Crippen molar-refractivity contribution in [2.75, 3.05) is 0 Å². The maximum atomic E-state index is 6.64. The number of aliphatic imine (C=N–C) groups is 2. The smallest absolute Gasteiger partial charge is 0.166 e. The van der Waals surface area contributed by atoms with Gasteiger partial charge in [-0.2, -0.15) is 0 Å². The second-order valence-electron chi connectivity index (χ2n) is 14.4. The van der Waals surface area contributed by atoms with E-state index in [-0.39, 0.29) is 29.6 Å². The van der Waals surface area contributed by atoms with Crippen molar-refractivity contribution < 1.29 is 9.05 Å². The molecule has 2 aliphatic heterocycles. The van der Waals surface area contributed by atoms with Gasteiger partial charge < -0.3 is 9.05 Å². The van der Waals surface area contributed by atoms with E-state index in [1.807, 2.05) is 38.1 Å². The lowest BCUT2D eigenvalue weighted by Gasteiger charge is -2.39. The Morgan fingerprint density at radius 2 is 0.907 bits per heavy atom. The van der Waals surface area contributed by atoms with E-state index >= 15 is 0 Å². The highest BCUT2D eigenvalue weighted by atomic mass is 35.5. The summed E-state index contributed by atoms with van der Waals surface area (Å²) >= 11 is 6.64. The molecule has 4 unspecified atom stereocenters. The molecule has 0 aliphatic carbocycles. The molecule has 7 aromatic rings. The van der Waals surface area contributed by atoms with Gasteiger partial charge in [-0.25, -0.2) is 9.98 Å². The van der Waals surface area contributed by atoms with Crippen LogP contribution in [0.5, 0.6) is 0 Å². The summed E-state index contributed by atoms with van der Waals surface area (Å²) in [6, 6.07) is 50.8. The van der Waals surface area contributed by atoms with Crippen LogP contribution in [0.3, 0.4) is 0 Å². The number of aromatic nitrogens is 2. The van der Waals surface area contributed by atoms with Crippen molar-refractivity contribution in [1.82, 2.24) is 10.3 Å². The van der Waals surface area contributed by atoms with Gasteiger partial charge in [-0.3, -0.25) is 0 Å². The Balaban J connectivity index is 1.33. The largest absolute Gasteiger partial charge is 0.358 e. The van der Waals surface area contributed by atoms with E-state index in [1.54, 1.807) is 0 Å². The van der Waals surface area contributed by atoms with Crippen LogP contribution >= 0.6 is 11.6 Å². The average molecular weight is 727 g/mol. The predicted molar refractivity (Wildman–Crippen MR) is 215 cm³/mol. The summed E-state index contributed by atoms with van der Waals surface area (Å²) < 4.78 is 13.1. The first kappa shape index (κ1) is 34.0. The lowest BCUT2D eigenvalue weighted by molar-refractivity contribution is 0.259. The zero-order valence-corrected chi connectivity index (χ0v) is 30.9. The van der Waals surface area contributed by atoms with Crippen LogP contribution in [-0.2, 0) is 0 Å². The van der Waals surface area contributed by atoms with Crippen molar-refractivity contribution in [3.05, 3.63) is 201 Å². The van der Waals surface area contributed by atoms with Crippen molar-refractivity contribution in [3.63, 3.8) is 0 Å². The number of hydrogen-bond donors (Lipinski definition) is 0. The molecule has 0 saturated carbocycles. The van der Waals surface area contributed by atoms with E-state index in [2.05, 4.69) is 132 Å². The molecule has 0 fully saturated rings. The molecule has 0 saturated heterocycles. The van der Waals surface area contributed by atoms with E-state index < -0.39 is 0 Å². The van der Waals surface area contributed by atoms with Crippen LogP contribution in [-0.4, -0.2) is 21.7 Å². The summed E-state index contributed by atoms with van der Waals surface area (Å²) in [5.74, 6) is 0.744. The Kier molecular flexibility index (Phi) is 9.13. The molecule has 4 heterocycles. The highest BCUT2D eigenvalue weighted by molar-refractivity contribution is 6.30. The van der Waals surface area contributed by atoms with Gasteiger partial charge in [0.1, 0.15) is 22.8 Å². The van der Waals surface area contributed by atoms with Crippen molar-refractivity contribution in [1.29, 1.82) is 0 Å². The summed E-state index contributed by atoms with van der Waals surface area (Å²) in [4.78, 5) is 10.8. The molecule has 2 aromatic heterocycles. The van der Waals surface area contributed by atoms with Crippen molar-refractivity contribution in [3.8, 4) is 0 Å². The second kappa shape index (κ2) is 14.5. The normalized spacial score (nSPS) is 20.1. The molecule has 6 nitrogen and oxygen atoms in total. The Morgan fingerprint density at radius 1 is 0.519 bits per heavy atom. The van der Waals surface area contributed by atoms with E-state index in [1.165, 1.54) is 11.1 Å². The number of nitrogens with zero attached hydrogens (tertiary/aromatic N) is 4. The van der Waals surface area contributed by atoms with E-state index in [9.17, 15) is 0 Å². The maximum Gasteiger partial charge on any atom is 0.166 e. The third kappa shape index (κ3) is 6.31. The second-order valence-corrected chi connectivity index (χ2v) is 14.8. The van der Waals surface area contributed by atoms with E-state index in [4.69, 9.17) is 30.6 Å². The Bertz CT molecular complexity index is 2290. The fourth-order valence-corrected chi connectivity index (χ4v) is 8.82. The van der Waals surface area contributed by atoms with Gasteiger partial charge in [0.2, 0.25) is 0 Å². The maximum absolute atomic E-state index is 6.64. The SMILES string of the molecule is Cc1noc2c1N=C(c1ccccc1)CC(c1ccccc1)C2C(c1ccc(Cl)cc1)C1c2onc(C)c2N=C(c2ccccc2)CC1c1ccccc1. The number of halogens is 1. The zero-order chi connectivity index (χ0) is 36.6. The molecule has 266 valence electrons. The molecule has 0 N–H and O–H groups in total. The van der Waals surface area contributed by atoms with Gasteiger partial charge >= 0.3 is 0 Å². The number of fused-ring (bicyclic) bond motifs is 2. The standard InChI is InChI=1S/C47H39ClN4O2/c1-29-44-46(53-51-29)42(37(31-15-7-3-8-16-31)27-39(49-44)33-19-11-5-12-20-33)41(35-23-25-36(48)26-24-35)43-38(32-17-9-4-10-18-32)28-40(34-21-13-6-14-22-34)50-45-30(2)52-54-47(43)45/h3-26,37-38,41-43H,27-28H2,1-2H3. The van der Waals surface area contributed by atoms with Gasteiger partial charge in [0.05, 0.1) is 0 Å². The van der Waals surface area contributed by atoms with Crippen LogP contribution < -0.4 is 0 Å². The number of benzene rings is 5. The lowest BCUT2D eigenvalue weighted by atomic mass is 9.62. The fraction of sp³-hybridized carbons (Fsp3) is 0.191. The first-order valence-electron chi connectivity index (χ1n) is 18.6. The van der Waals surface area contributed by atoms with Gasteiger partial charge in [0, 0.05) is 46.0 Å². The van der Waals surface area contributed by atoms with Gasteiger partial charge in [0.25, 0.3) is 0 Å².